The maximum Gasteiger partial charge on any atom is 0.188 e. The summed E-state index contributed by atoms with van der Waals surface area (Å²) < 4.78 is 10.1. The van der Waals surface area contributed by atoms with Gasteiger partial charge in [0.1, 0.15) is 10.8 Å². The molecule has 90 valence electrons. The van der Waals surface area contributed by atoms with Gasteiger partial charge in [0, 0.05) is 12.5 Å². The zero-order chi connectivity index (χ0) is 12.3. The lowest BCUT2D eigenvalue weighted by molar-refractivity contribution is 0.0513. The summed E-state index contributed by atoms with van der Waals surface area (Å²) >= 11 is 6.18. The fourth-order valence-electron chi connectivity index (χ4n) is 1.50. The van der Waals surface area contributed by atoms with Crippen LogP contribution in [0.5, 0.6) is 5.75 Å². The molecule has 0 aliphatic carbocycles. The number of rotatable bonds is 4. The van der Waals surface area contributed by atoms with Crippen molar-refractivity contribution in [3.63, 3.8) is 0 Å². The fourth-order valence-corrected chi connectivity index (χ4v) is 1.77. The fraction of sp³-hybridized carbons (Fsp3) is 0.250. The van der Waals surface area contributed by atoms with Crippen molar-refractivity contribution in [3.05, 3.63) is 35.0 Å². The van der Waals surface area contributed by atoms with Gasteiger partial charge in [-0.1, -0.05) is 17.7 Å². The molecule has 17 heavy (non-hydrogen) atoms. The number of aliphatic hydroxyl groups excluding tert-OH is 1. The normalized spacial score (nSPS) is 10.8. The van der Waals surface area contributed by atoms with Crippen LogP contribution in [-0.2, 0) is 11.3 Å². The summed E-state index contributed by atoms with van der Waals surface area (Å²) in [5.74, 6) is 0.517. The lowest BCUT2D eigenvalue weighted by Gasteiger charge is -2.09. The van der Waals surface area contributed by atoms with Gasteiger partial charge in [-0.15, -0.1) is 0 Å². The Hall–Kier alpha value is -1.36. The van der Waals surface area contributed by atoms with Crippen molar-refractivity contribution >= 4 is 22.5 Å². The third-order valence-corrected chi connectivity index (χ3v) is 2.68. The summed E-state index contributed by atoms with van der Waals surface area (Å²) in [6, 6.07) is 7.25. The Morgan fingerprint density at radius 2 is 2.06 bits per heavy atom. The standard InChI is InChI=1S/C12H12ClNO3/c1-16-7-17-10-5-3-8-2-4-9(6-15)14-12(8)11(10)13/h2-5,15H,6-7H2,1H3. The van der Waals surface area contributed by atoms with Crippen LogP contribution in [-0.4, -0.2) is 24.0 Å². The molecule has 2 rings (SSSR count). The first-order valence-electron chi connectivity index (χ1n) is 5.07. The van der Waals surface area contributed by atoms with Crippen molar-refractivity contribution in [1.29, 1.82) is 0 Å². The van der Waals surface area contributed by atoms with Gasteiger partial charge in [-0.3, -0.25) is 0 Å². The van der Waals surface area contributed by atoms with Gasteiger partial charge in [-0.25, -0.2) is 4.98 Å². The number of fused-ring (bicyclic) bond motifs is 1. The predicted molar refractivity (Wildman–Crippen MR) is 65.2 cm³/mol. The summed E-state index contributed by atoms with van der Waals surface area (Å²) in [6.45, 7) is 0.0142. The minimum atomic E-state index is -0.116. The van der Waals surface area contributed by atoms with Gasteiger partial charge < -0.3 is 14.6 Å². The number of nitrogens with zero attached hydrogens (tertiary/aromatic N) is 1. The second-order valence-electron chi connectivity index (χ2n) is 3.46. The second kappa shape index (κ2) is 5.31. The van der Waals surface area contributed by atoms with Crippen molar-refractivity contribution < 1.29 is 14.6 Å². The molecule has 1 aromatic carbocycles. The molecule has 0 radical (unpaired) electrons. The number of pyridine rings is 1. The van der Waals surface area contributed by atoms with Crippen molar-refractivity contribution in [3.8, 4) is 5.75 Å². The van der Waals surface area contributed by atoms with Crippen LogP contribution in [0.4, 0.5) is 0 Å². The van der Waals surface area contributed by atoms with Gasteiger partial charge in [0.2, 0.25) is 0 Å². The second-order valence-corrected chi connectivity index (χ2v) is 3.84. The van der Waals surface area contributed by atoms with Crippen LogP contribution < -0.4 is 4.74 Å². The van der Waals surface area contributed by atoms with Crippen LogP contribution in [0, 0.1) is 0 Å². The van der Waals surface area contributed by atoms with Gasteiger partial charge in [-0.05, 0) is 18.2 Å². The first-order valence-corrected chi connectivity index (χ1v) is 5.45. The van der Waals surface area contributed by atoms with Crippen LogP contribution in [0.15, 0.2) is 24.3 Å². The third-order valence-electron chi connectivity index (χ3n) is 2.32. The maximum absolute atomic E-state index is 9.04. The van der Waals surface area contributed by atoms with Gasteiger partial charge in [0.05, 0.1) is 17.8 Å². The molecule has 0 atom stereocenters. The Morgan fingerprint density at radius 1 is 1.29 bits per heavy atom. The van der Waals surface area contributed by atoms with Crippen molar-refractivity contribution in [2.24, 2.45) is 0 Å². The minimum absolute atomic E-state index is 0.116. The number of halogens is 1. The molecule has 0 spiro atoms. The molecule has 0 saturated heterocycles. The van der Waals surface area contributed by atoms with Crippen LogP contribution in [0.3, 0.4) is 0 Å². The first kappa shape index (κ1) is 12.1. The molecule has 0 fully saturated rings. The van der Waals surface area contributed by atoms with Crippen molar-refractivity contribution in [2.45, 2.75) is 6.61 Å². The summed E-state index contributed by atoms with van der Waals surface area (Å²) in [5.41, 5.74) is 1.19. The first-order chi connectivity index (χ1) is 8.26. The molecule has 5 heteroatoms. The number of hydrogen-bond donors (Lipinski definition) is 1. The number of aliphatic hydroxyl groups is 1. The lowest BCUT2D eigenvalue weighted by atomic mass is 10.2. The van der Waals surface area contributed by atoms with Crippen molar-refractivity contribution in [2.75, 3.05) is 13.9 Å². The molecule has 0 aliphatic heterocycles. The van der Waals surface area contributed by atoms with E-state index in [-0.39, 0.29) is 13.4 Å². The Bertz CT molecular complexity index is 530. The highest BCUT2D eigenvalue weighted by molar-refractivity contribution is 6.36. The van der Waals surface area contributed by atoms with Gasteiger partial charge in [0.25, 0.3) is 0 Å². The van der Waals surface area contributed by atoms with E-state index in [1.165, 1.54) is 7.11 Å². The quantitative estimate of drug-likeness (QED) is 0.850. The highest BCUT2D eigenvalue weighted by Crippen LogP contribution is 2.31. The Morgan fingerprint density at radius 3 is 2.76 bits per heavy atom. The summed E-state index contributed by atoms with van der Waals surface area (Å²) in [6.07, 6.45) is 0. The lowest BCUT2D eigenvalue weighted by Crippen LogP contribution is -2.00. The molecule has 0 unspecified atom stereocenters. The highest BCUT2D eigenvalue weighted by atomic mass is 35.5. The molecule has 4 nitrogen and oxygen atoms in total. The van der Waals surface area contributed by atoms with E-state index in [1.807, 2.05) is 12.1 Å². The third kappa shape index (κ3) is 2.49. The summed E-state index contributed by atoms with van der Waals surface area (Å²) in [7, 11) is 1.54. The zero-order valence-corrected chi connectivity index (χ0v) is 10.1. The monoisotopic (exact) mass is 253 g/mol. The summed E-state index contributed by atoms with van der Waals surface area (Å²) in [5, 5.41) is 10.4. The Kier molecular flexibility index (Phi) is 3.78. The Labute approximate surface area is 104 Å². The molecule has 0 saturated carbocycles. The van der Waals surface area contributed by atoms with Crippen LogP contribution in [0.25, 0.3) is 10.9 Å². The average Bonchev–Trinajstić information content (AvgIpc) is 2.38. The molecule has 1 aromatic heterocycles. The molecular formula is C12H12ClNO3. The van der Waals surface area contributed by atoms with E-state index in [0.717, 1.165) is 5.39 Å². The van der Waals surface area contributed by atoms with E-state index < -0.39 is 0 Å². The van der Waals surface area contributed by atoms with Gasteiger partial charge in [-0.2, -0.15) is 0 Å². The van der Waals surface area contributed by atoms with E-state index in [9.17, 15) is 0 Å². The smallest absolute Gasteiger partial charge is 0.188 e. The molecule has 2 aromatic rings. The number of hydrogen-bond acceptors (Lipinski definition) is 4. The van der Waals surface area contributed by atoms with Crippen molar-refractivity contribution in [1.82, 2.24) is 4.98 Å². The van der Waals surface area contributed by atoms with Crippen LogP contribution >= 0.6 is 11.6 Å². The largest absolute Gasteiger partial charge is 0.466 e. The van der Waals surface area contributed by atoms with E-state index in [2.05, 4.69) is 4.98 Å². The van der Waals surface area contributed by atoms with E-state index in [0.29, 0.717) is 22.0 Å². The average molecular weight is 254 g/mol. The molecule has 1 N–H and O–H groups in total. The molecule has 0 amide bonds. The van der Waals surface area contributed by atoms with E-state index >= 15 is 0 Å². The molecule has 1 heterocycles. The molecule has 0 aliphatic rings. The zero-order valence-electron chi connectivity index (χ0n) is 9.31. The molecular weight excluding hydrogens is 242 g/mol. The number of benzene rings is 1. The SMILES string of the molecule is COCOc1ccc2ccc(CO)nc2c1Cl. The van der Waals surface area contributed by atoms with Gasteiger partial charge in [0.15, 0.2) is 6.79 Å². The number of ether oxygens (including phenoxy) is 2. The topological polar surface area (TPSA) is 51.6 Å². The maximum atomic E-state index is 9.04. The van der Waals surface area contributed by atoms with E-state index in [4.69, 9.17) is 26.2 Å². The number of aromatic nitrogens is 1. The van der Waals surface area contributed by atoms with Crippen LogP contribution in [0.2, 0.25) is 5.02 Å². The van der Waals surface area contributed by atoms with Gasteiger partial charge >= 0.3 is 0 Å². The van der Waals surface area contributed by atoms with Crippen LogP contribution in [0.1, 0.15) is 5.69 Å². The minimum Gasteiger partial charge on any atom is -0.466 e. The van der Waals surface area contributed by atoms with E-state index in [1.54, 1.807) is 12.1 Å². The summed E-state index contributed by atoms with van der Waals surface area (Å²) in [4.78, 5) is 4.26. The predicted octanol–water partition coefficient (Wildman–Crippen LogP) is 2.36. The number of methoxy groups -OCH3 is 1. The highest BCUT2D eigenvalue weighted by Gasteiger charge is 2.08. The Balaban J connectivity index is 2.48. The molecule has 0 bridgehead atoms.